The monoisotopic (exact) mass is 645 g/mol. The zero-order valence-electron chi connectivity index (χ0n) is 28.2. The van der Waals surface area contributed by atoms with Crippen molar-refractivity contribution in [2.75, 3.05) is 52.0 Å². The SMILES string of the molecule is CN(C)CC(C)(C)CNC(=O)c1cn2c3c(c(N4CCC(NOCOC(C)(C)C)C4)c(F)cc3c1=O)Oc1cc3ccccc3cc1-2. The lowest BCUT2D eigenvalue weighted by Gasteiger charge is -2.30. The van der Waals surface area contributed by atoms with Crippen LogP contribution in [0, 0.1) is 11.2 Å². The molecule has 1 fully saturated rings. The lowest BCUT2D eigenvalue weighted by atomic mass is 9.93. The molecule has 4 aromatic rings. The van der Waals surface area contributed by atoms with Gasteiger partial charge in [0, 0.05) is 32.4 Å². The van der Waals surface area contributed by atoms with Gasteiger partial charge in [-0.15, -0.1) is 0 Å². The fourth-order valence-electron chi connectivity index (χ4n) is 6.49. The van der Waals surface area contributed by atoms with E-state index in [4.69, 9.17) is 14.3 Å². The minimum atomic E-state index is -0.595. The summed E-state index contributed by atoms with van der Waals surface area (Å²) in [4.78, 5) is 37.1. The third-order valence-electron chi connectivity index (χ3n) is 8.49. The maximum absolute atomic E-state index is 16.3. The van der Waals surface area contributed by atoms with Gasteiger partial charge in [-0.25, -0.2) is 4.39 Å². The number of rotatable bonds is 10. The Morgan fingerprint density at radius 2 is 1.83 bits per heavy atom. The minimum Gasteiger partial charge on any atom is -0.451 e. The van der Waals surface area contributed by atoms with E-state index in [0.29, 0.717) is 43.0 Å². The highest BCUT2D eigenvalue weighted by molar-refractivity contribution is 6.02. The highest BCUT2D eigenvalue weighted by Gasteiger charge is 2.34. The van der Waals surface area contributed by atoms with E-state index in [1.165, 1.54) is 6.07 Å². The molecule has 1 unspecified atom stereocenters. The van der Waals surface area contributed by atoms with Crippen molar-refractivity contribution in [3.8, 4) is 17.2 Å². The van der Waals surface area contributed by atoms with Gasteiger partial charge in [0.1, 0.15) is 16.8 Å². The van der Waals surface area contributed by atoms with Crippen molar-refractivity contribution >= 4 is 33.3 Å². The molecule has 250 valence electrons. The average molecular weight is 646 g/mol. The summed E-state index contributed by atoms with van der Waals surface area (Å²) < 4.78 is 30.2. The number of aromatic nitrogens is 1. The molecule has 11 heteroatoms. The van der Waals surface area contributed by atoms with E-state index in [-0.39, 0.29) is 46.2 Å². The molecule has 0 bridgehead atoms. The van der Waals surface area contributed by atoms with Crippen molar-refractivity contribution in [3.63, 3.8) is 0 Å². The number of amides is 1. The van der Waals surface area contributed by atoms with Crippen molar-refractivity contribution in [1.29, 1.82) is 0 Å². The lowest BCUT2D eigenvalue weighted by molar-refractivity contribution is -0.156. The minimum absolute atomic E-state index is 0.0580. The van der Waals surface area contributed by atoms with E-state index in [1.54, 1.807) is 10.8 Å². The Morgan fingerprint density at radius 1 is 1.11 bits per heavy atom. The lowest BCUT2D eigenvalue weighted by Crippen LogP contribution is -2.41. The van der Waals surface area contributed by atoms with Crippen LogP contribution in [0.15, 0.2) is 53.5 Å². The number of benzene rings is 3. The third-order valence-corrected chi connectivity index (χ3v) is 8.49. The molecule has 2 aliphatic rings. The number of hydroxylamine groups is 1. The number of pyridine rings is 1. The van der Waals surface area contributed by atoms with Gasteiger partial charge in [0.2, 0.25) is 5.43 Å². The molecular weight excluding hydrogens is 601 g/mol. The van der Waals surface area contributed by atoms with Crippen LogP contribution in [-0.4, -0.2) is 74.1 Å². The summed E-state index contributed by atoms with van der Waals surface area (Å²) in [5, 5.41) is 4.95. The predicted molar refractivity (Wildman–Crippen MR) is 182 cm³/mol. The van der Waals surface area contributed by atoms with E-state index >= 15 is 4.39 Å². The molecule has 1 amide bonds. The van der Waals surface area contributed by atoms with Crippen LogP contribution in [-0.2, 0) is 9.57 Å². The zero-order valence-corrected chi connectivity index (χ0v) is 28.2. The highest BCUT2D eigenvalue weighted by Crippen LogP contribution is 2.48. The molecule has 3 aromatic carbocycles. The maximum Gasteiger partial charge on any atom is 0.256 e. The van der Waals surface area contributed by atoms with Gasteiger partial charge in [-0.05, 0) is 75.7 Å². The fraction of sp³-hybridized carbons (Fsp3) is 0.444. The number of nitrogens with zero attached hydrogens (tertiary/aromatic N) is 3. The van der Waals surface area contributed by atoms with E-state index in [1.807, 2.05) is 76.2 Å². The van der Waals surface area contributed by atoms with Crippen molar-refractivity contribution in [2.45, 2.75) is 52.7 Å². The van der Waals surface area contributed by atoms with Gasteiger partial charge in [-0.1, -0.05) is 38.1 Å². The summed E-state index contributed by atoms with van der Waals surface area (Å²) in [6.45, 7) is 12.1. The number of halogens is 1. The van der Waals surface area contributed by atoms with Crippen molar-refractivity contribution in [1.82, 2.24) is 20.3 Å². The van der Waals surface area contributed by atoms with E-state index in [0.717, 1.165) is 17.3 Å². The number of hydrogen-bond acceptors (Lipinski definition) is 8. The molecule has 0 spiro atoms. The van der Waals surface area contributed by atoms with Gasteiger partial charge < -0.3 is 29.2 Å². The van der Waals surface area contributed by atoms with Gasteiger partial charge in [-0.2, -0.15) is 5.48 Å². The first-order valence-corrected chi connectivity index (χ1v) is 16.0. The summed E-state index contributed by atoms with van der Waals surface area (Å²) in [6.07, 6.45) is 2.27. The van der Waals surface area contributed by atoms with E-state index in [9.17, 15) is 9.59 Å². The van der Waals surface area contributed by atoms with Crippen molar-refractivity contribution in [2.24, 2.45) is 5.41 Å². The van der Waals surface area contributed by atoms with Crippen LogP contribution >= 0.6 is 0 Å². The number of anilines is 1. The Labute approximate surface area is 274 Å². The number of carbonyl (C=O) groups is 1. The quantitative estimate of drug-likeness (QED) is 0.116. The molecule has 1 saturated heterocycles. The molecule has 0 aliphatic carbocycles. The first kappa shape index (κ1) is 32.9. The maximum atomic E-state index is 16.3. The molecule has 10 nitrogen and oxygen atoms in total. The molecule has 0 saturated carbocycles. The molecule has 6 rings (SSSR count). The van der Waals surface area contributed by atoms with E-state index < -0.39 is 17.2 Å². The van der Waals surface area contributed by atoms with Crippen molar-refractivity contribution in [3.05, 3.63) is 70.3 Å². The fourth-order valence-corrected chi connectivity index (χ4v) is 6.49. The normalized spacial score (nSPS) is 16.2. The molecule has 3 heterocycles. The van der Waals surface area contributed by atoms with Crippen molar-refractivity contribution < 1.29 is 23.5 Å². The largest absolute Gasteiger partial charge is 0.451 e. The topological polar surface area (TPSA) is 97.3 Å². The Morgan fingerprint density at radius 3 is 2.53 bits per heavy atom. The van der Waals surface area contributed by atoms with E-state index in [2.05, 4.69) is 29.5 Å². The first-order chi connectivity index (χ1) is 22.2. The van der Waals surface area contributed by atoms with Crippen LogP contribution in [0.2, 0.25) is 0 Å². The molecule has 0 radical (unpaired) electrons. The molecule has 2 N–H and O–H groups in total. The molecular formula is C36H44FN5O5. The number of ether oxygens (including phenoxy) is 2. The summed E-state index contributed by atoms with van der Waals surface area (Å²) in [7, 11) is 3.95. The standard InChI is InChI=1S/C36H44FN5O5/c1-35(2,3)45-21-46-39-24-12-13-41(17-24)31-27(37)16-25-30-33(31)47-29-15-23-11-9-8-10-22(23)14-28(29)42(30)18-26(32(25)43)34(44)38-19-36(4,5)20-40(6)7/h8-11,14-16,18,24,39H,12-13,17,19-21H2,1-7H3,(H,38,44). The second-order valence-electron chi connectivity index (χ2n) is 14.6. The number of nitrogens with one attached hydrogen (secondary N) is 2. The van der Waals surface area contributed by atoms with Gasteiger partial charge in [0.05, 0.1) is 22.7 Å². The summed E-state index contributed by atoms with van der Waals surface area (Å²) >= 11 is 0. The van der Waals surface area contributed by atoms with Gasteiger partial charge >= 0.3 is 0 Å². The molecule has 2 aliphatic heterocycles. The second kappa shape index (κ2) is 12.5. The van der Waals surface area contributed by atoms with Crippen LogP contribution in [0.3, 0.4) is 0 Å². The number of carbonyl (C=O) groups excluding carboxylic acids is 1. The predicted octanol–water partition coefficient (Wildman–Crippen LogP) is 5.58. The van der Waals surface area contributed by atoms with Crippen LogP contribution in [0.4, 0.5) is 10.1 Å². The van der Waals surface area contributed by atoms with Crippen LogP contribution < -0.4 is 25.9 Å². The smallest absolute Gasteiger partial charge is 0.256 e. The summed E-state index contributed by atoms with van der Waals surface area (Å²) in [6, 6.07) is 12.9. The second-order valence-corrected chi connectivity index (χ2v) is 14.6. The Hall–Kier alpha value is -4.03. The third kappa shape index (κ3) is 6.85. The average Bonchev–Trinajstić information content (AvgIpc) is 3.45. The number of hydrogen-bond donors (Lipinski definition) is 2. The van der Waals surface area contributed by atoms with Crippen LogP contribution in [0.25, 0.3) is 27.4 Å². The zero-order chi connectivity index (χ0) is 33.7. The molecule has 1 aromatic heterocycles. The van der Waals surface area contributed by atoms with Gasteiger partial charge in [-0.3, -0.25) is 14.4 Å². The Balaban J connectivity index is 1.41. The summed E-state index contributed by atoms with van der Waals surface area (Å²) in [5.41, 5.74) is 3.21. The first-order valence-electron chi connectivity index (χ1n) is 16.0. The molecule has 47 heavy (non-hydrogen) atoms. The number of fused-ring (bicyclic) bond motifs is 3. The van der Waals surface area contributed by atoms with Gasteiger partial charge in [0.15, 0.2) is 24.1 Å². The van der Waals surface area contributed by atoms with Crippen LogP contribution in [0.1, 0.15) is 51.4 Å². The Bertz CT molecular complexity index is 1900. The Kier molecular flexibility index (Phi) is 8.77. The molecule has 1 atom stereocenters. The van der Waals surface area contributed by atoms with Gasteiger partial charge in [0.25, 0.3) is 5.91 Å². The van der Waals surface area contributed by atoms with Crippen LogP contribution in [0.5, 0.6) is 11.5 Å². The summed E-state index contributed by atoms with van der Waals surface area (Å²) in [5.74, 6) is -0.349. The highest BCUT2D eigenvalue weighted by atomic mass is 19.1.